The van der Waals surface area contributed by atoms with Gasteiger partial charge in [0.2, 0.25) is 0 Å². The summed E-state index contributed by atoms with van der Waals surface area (Å²) in [4.78, 5) is 49.4. The Morgan fingerprint density at radius 1 is 1.08 bits per heavy atom. The molecule has 0 radical (unpaired) electrons. The van der Waals surface area contributed by atoms with E-state index in [4.69, 9.17) is 20.8 Å². The van der Waals surface area contributed by atoms with E-state index in [2.05, 4.69) is 19.9 Å². The van der Waals surface area contributed by atoms with Crippen molar-refractivity contribution in [3.8, 4) is 33.7 Å². The normalized spacial score (nSPS) is 11.5. The molecule has 5 rings (SSSR count). The van der Waals surface area contributed by atoms with Gasteiger partial charge in [-0.05, 0) is 42.0 Å². The van der Waals surface area contributed by atoms with Crippen LogP contribution in [0.4, 0.5) is 13.2 Å². The quantitative estimate of drug-likeness (QED) is 0.319. The maximum atomic E-state index is 13.6. The standard InChI is InChI=1S/C25H15ClF3N5O5/c26-15-4-13(5-17(7-15)38-11-20-21(25(27,28)29)32-12-39-20)18-6-14(19-9-31-24(37)33-22(19)35)10-34(23(18)36)16-2-1-3-30-8-16/h1-10,12H,11H2,(H2,31,33,35,37). The van der Waals surface area contributed by atoms with Gasteiger partial charge < -0.3 is 14.1 Å². The average molecular weight is 558 g/mol. The summed E-state index contributed by atoms with van der Waals surface area (Å²) in [6, 6.07) is 8.87. The van der Waals surface area contributed by atoms with E-state index >= 15 is 0 Å². The summed E-state index contributed by atoms with van der Waals surface area (Å²) >= 11 is 6.26. The number of H-pyrrole nitrogens is 2. The molecule has 0 bridgehead atoms. The number of hydrogen-bond acceptors (Lipinski definition) is 7. The van der Waals surface area contributed by atoms with Gasteiger partial charge in [0.05, 0.1) is 17.4 Å². The Labute approximate surface area is 220 Å². The van der Waals surface area contributed by atoms with Gasteiger partial charge in [0, 0.05) is 34.7 Å². The number of aromatic amines is 2. The minimum absolute atomic E-state index is 0.0432. The molecule has 2 N–H and O–H groups in total. The lowest BCUT2D eigenvalue weighted by Crippen LogP contribution is -2.24. The fourth-order valence-corrected chi connectivity index (χ4v) is 4.03. The fourth-order valence-electron chi connectivity index (χ4n) is 3.80. The predicted molar refractivity (Wildman–Crippen MR) is 133 cm³/mol. The van der Waals surface area contributed by atoms with Crippen LogP contribution >= 0.6 is 11.6 Å². The van der Waals surface area contributed by atoms with Crippen molar-refractivity contribution in [3.63, 3.8) is 0 Å². The molecule has 39 heavy (non-hydrogen) atoms. The number of oxazole rings is 1. The Morgan fingerprint density at radius 2 is 1.90 bits per heavy atom. The zero-order chi connectivity index (χ0) is 27.7. The molecule has 198 valence electrons. The van der Waals surface area contributed by atoms with Crippen molar-refractivity contribution in [1.82, 2.24) is 24.5 Å². The summed E-state index contributed by atoms with van der Waals surface area (Å²) in [7, 11) is 0. The highest BCUT2D eigenvalue weighted by Crippen LogP contribution is 2.33. The molecule has 0 aliphatic heterocycles. The lowest BCUT2D eigenvalue weighted by atomic mass is 10.0. The van der Waals surface area contributed by atoms with Crippen LogP contribution in [0.2, 0.25) is 5.02 Å². The molecule has 14 heteroatoms. The number of pyridine rings is 2. The van der Waals surface area contributed by atoms with Gasteiger partial charge in [-0.15, -0.1) is 0 Å². The number of nitrogens with one attached hydrogen (secondary N) is 2. The van der Waals surface area contributed by atoms with Gasteiger partial charge in [0.15, 0.2) is 17.8 Å². The van der Waals surface area contributed by atoms with E-state index < -0.39 is 41.0 Å². The molecule has 0 unspecified atom stereocenters. The number of halogens is 4. The third-order valence-electron chi connectivity index (χ3n) is 5.53. The van der Waals surface area contributed by atoms with Gasteiger partial charge in [-0.3, -0.25) is 24.1 Å². The largest absolute Gasteiger partial charge is 0.486 e. The van der Waals surface area contributed by atoms with Gasteiger partial charge in [-0.2, -0.15) is 13.2 Å². The summed E-state index contributed by atoms with van der Waals surface area (Å²) in [6.45, 7) is -0.610. The van der Waals surface area contributed by atoms with Crippen LogP contribution in [0.1, 0.15) is 11.5 Å². The highest BCUT2D eigenvalue weighted by Gasteiger charge is 2.37. The van der Waals surface area contributed by atoms with E-state index in [0.29, 0.717) is 12.1 Å². The Kier molecular flexibility index (Phi) is 6.66. The van der Waals surface area contributed by atoms with E-state index in [1.54, 1.807) is 12.1 Å². The number of hydrogen-bond donors (Lipinski definition) is 2. The SMILES string of the molecule is O=c1[nH]cc(-c2cc(-c3cc(Cl)cc(OCc4ocnc4C(F)(F)F)c3)c(=O)n(-c3cccnc3)c2)c(=O)[nH]1. The Hall–Kier alpha value is -4.91. The summed E-state index contributed by atoms with van der Waals surface area (Å²) in [5, 5.41) is 0.121. The fraction of sp³-hybridized carbons (Fsp3) is 0.0800. The van der Waals surface area contributed by atoms with E-state index in [0.717, 1.165) is 0 Å². The lowest BCUT2D eigenvalue weighted by molar-refractivity contribution is -0.142. The van der Waals surface area contributed by atoms with Crippen molar-refractivity contribution in [2.45, 2.75) is 12.8 Å². The summed E-state index contributed by atoms with van der Waals surface area (Å²) in [5.41, 5.74) is -2.10. The second kappa shape index (κ2) is 10.1. The van der Waals surface area contributed by atoms with Gasteiger partial charge in [0.1, 0.15) is 12.4 Å². The molecule has 10 nitrogen and oxygen atoms in total. The number of benzene rings is 1. The van der Waals surface area contributed by atoms with Crippen LogP contribution in [0.15, 0.2) is 86.4 Å². The van der Waals surface area contributed by atoms with E-state index in [1.807, 2.05) is 0 Å². The predicted octanol–water partition coefficient (Wildman–Crippen LogP) is 4.18. The van der Waals surface area contributed by atoms with Crippen LogP contribution in [0.3, 0.4) is 0 Å². The molecule has 0 saturated heterocycles. The van der Waals surface area contributed by atoms with E-state index in [-0.39, 0.29) is 33.0 Å². The smallest absolute Gasteiger partial charge is 0.436 e. The van der Waals surface area contributed by atoms with E-state index in [1.165, 1.54) is 53.6 Å². The molecule has 5 aromatic rings. The van der Waals surface area contributed by atoms with Gasteiger partial charge in [-0.1, -0.05) is 11.6 Å². The average Bonchev–Trinajstić information content (AvgIpc) is 3.38. The molecule has 0 aliphatic rings. The molecule has 0 fully saturated rings. The van der Waals surface area contributed by atoms with Crippen LogP contribution in [0, 0.1) is 0 Å². The van der Waals surface area contributed by atoms with Crippen LogP contribution < -0.4 is 21.5 Å². The molecule has 0 atom stereocenters. The maximum Gasteiger partial charge on any atom is 0.436 e. The number of rotatable bonds is 6. The maximum absolute atomic E-state index is 13.6. The second-order valence-electron chi connectivity index (χ2n) is 8.10. The Morgan fingerprint density at radius 3 is 2.62 bits per heavy atom. The first-order valence-corrected chi connectivity index (χ1v) is 11.4. The summed E-state index contributed by atoms with van der Waals surface area (Å²) in [6.07, 6.45) is 1.51. The third kappa shape index (κ3) is 5.38. The molecular weight excluding hydrogens is 543 g/mol. The van der Waals surface area contributed by atoms with Crippen LogP contribution in [-0.4, -0.2) is 24.5 Å². The molecule has 0 aliphatic carbocycles. The van der Waals surface area contributed by atoms with Crippen LogP contribution in [0.5, 0.6) is 5.75 Å². The zero-order valence-electron chi connectivity index (χ0n) is 19.5. The topological polar surface area (TPSA) is 136 Å². The minimum atomic E-state index is -4.73. The van der Waals surface area contributed by atoms with Crippen molar-refractivity contribution in [3.05, 3.63) is 115 Å². The zero-order valence-corrected chi connectivity index (χ0v) is 20.2. The molecular formula is C25H15ClF3N5O5. The summed E-state index contributed by atoms with van der Waals surface area (Å²) < 4.78 is 50.9. The van der Waals surface area contributed by atoms with Crippen LogP contribution in [0.25, 0.3) is 27.9 Å². The number of aromatic nitrogens is 5. The molecule has 4 heterocycles. The Balaban J connectivity index is 1.62. The van der Waals surface area contributed by atoms with Gasteiger partial charge in [-0.25, -0.2) is 9.78 Å². The van der Waals surface area contributed by atoms with Crippen molar-refractivity contribution < 1.29 is 22.3 Å². The second-order valence-corrected chi connectivity index (χ2v) is 8.54. The molecule has 1 aromatic carbocycles. The van der Waals surface area contributed by atoms with E-state index in [9.17, 15) is 27.6 Å². The molecule has 0 spiro atoms. The monoisotopic (exact) mass is 557 g/mol. The first-order chi connectivity index (χ1) is 18.6. The third-order valence-corrected chi connectivity index (χ3v) is 5.75. The number of alkyl halides is 3. The van der Waals surface area contributed by atoms with Crippen LogP contribution in [-0.2, 0) is 12.8 Å². The Bertz CT molecular complexity index is 1840. The highest BCUT2D eigenvalue weighted by molar-refractivity contribution is 6.31. The molecule has 4 aromatic heterocycles. The molecule has 0 amide bonds. The van der Waals surface area contributed by atoms with Crippen molar-refractivity contribution in [2.75, 3.05) is 0 Å². The lowest BCUT2D eigenvalue weighted by Gasteiger charge is -2.13. The first kappa shape index (κ1) is 25.7. The number of nitrogens with zero attached hydrogens (tertiary/aromatic N) is 3. The highest BCUT2D eigenvalue weighted by atomic mass is 35.5. The summed E-state index contributed by atoms with van der Waals surface area (Å²) in [5.74, 6) is -0.496. The minimum Gasteiger partial charge on any atom is -0.486 e. The van der Waals surface area contributed by atoms with Gasteiger partial charge >= 0.3 is 11.9 Å². The first-order valence-electron chi connectivity index (χ1n) is 11.0. The van der Waals surface area contributed by atoms with Crippen molar-refractivity contribution in [1.29, 1.82) is 0 Å². The van der Waals surface area contributed by atoms with Gasteiger partial charge in [0.25, 0.3) is 11.1 Å². The van der Waals surface area contributed by atoms with Crippen molar-refractivity contribution in [2.24, 2.45) is 0 Å². The van der Waals surface area contributed by atoms with Crippen molar-refractivity contribution >= 4 is 11.6 Å². The molecule has 0 saturated carbocycles. The number of ether oxygens (including phenoxy) is 1.